The predicted molar refractivity (Wildman–Crippen MR) is 84.0 cm³/mol. The summed E-state index contributed by atoms with van der Waals surface area (Å²) in [5.41, 5.74) is 3.30. The Bertz CT molecular complexity index is 552. The van der Waals surface area contributed by atoms with E-state index >= 15 is 0 Å². The van der Waals surface area contributed by atoms with Gasteiger partial charge in [-0.1, -0.05) is 25.3 Å². The van der Waals surface area contributed by atoms with Crippen molar-refractivity contribution in [1.29, 1.82) is 0 Å². The standard InChI is InChI=1S/C19H22NO.Rh/c1-3-8-16(9-4-1)14-17-10-7-11-18(20-17)15-21-19-12-5-2-6-13-19;/h1,3-4,7-8,10-11,19H,2,5-6,12-15H2;/q-1;. The molecule has 0 N–H and O–H groups in total. The molecule has 119 valence electrons. The molecule has 1 aromatic carbocycles. The molecule has 0 aliphatic heterocycles. The van der Waals surface area contributed by atoms with Gasteiger partial charge in [-0.15, -0.1) is 0 Å². The van der Waals surface area contributed by atoms with Crippen LogP contribution in [0.3, 0.4) is 0 Å². The quantitative estimate of drug-likeness (QED) is 0.567. The van der Waals surface area contributed by atoms with Gasteiger partial charge in [0.2, 0.25) is 0 Å². The third-order valence-corrected chi connectivity index (χ3v) is 4.03. The van der Waals surface area contributed by atoms with E-state index in [4.69, 9.17) is 9.72 Å². The molecule has 1 heterocycles. The van der Waals surface area contributed by atoms with Gasteiger partial charge in [0, 0.05) is 25.2 Å². The molecule has 1 aliphatic carbocycles. The maximum atomic E-state index is 6.00. The number of hydrogen-bond donors (Lipinski definition) is 0. The van der Waals surface area contributed by atoms with Crippen molar-refractivity contribution in [2.75, 3.05) is 0 Å². The molecule has 0 bridgehead atoms. The normalized spacial score (nSPS) is 15.3. The van der Waals surface area contributed by atoms with Gasteiger partial charge in [-0.3, -0.25) is 4.98 Å². The number of hydrogen-bond acceptors (Lipinski definition) is 2. The van der Waals surface area contributed by atoms with Crippen molar-refractivity contribution in [3.8, 4) is 0 Å². The fraction of sp³-hybridized carbons (Fsp3) is 0.421. The van der Waals surface area contributed by atoms with Crippen molar-refractivity contribution in [2.24, 2.45) is 0 Å². The van der Waals surface area contributed by atoms with Crippen LogP contribution in [0.15, 0.2) is 42.5 Å². The summed E-state index contributed by atoms with van der Waals surface area (Å²) in [5, 5.41) is 0. The van der Waals surface area contributed by atoms with Crippen molar-refractivity contribution in [2.45, 2.75) is 51.2 Å². The van der Waals surface area contributed by atoms with Crippen LogP contribution in [0, 0.1) is 6.07 Å². The third-order valence-electron chi connectivity index (χ3n) is 4.03. The van der Waals surface area contributed by atoms with Gasteiger partial charge in [0.1, 0.15) is 0 Å². The molecule has 0 saturated heterocycles. The summed E-state index contributed by atoms with van der Waals surface area (Å²) in [6.45, 7) is 0.636. The summed E-state index contributed by atoms with van der Waals surface area (Å²) in [4.78, 5) is 4.71. The minimum absolute atomic E-state index is 0. The number of ether oxygens (including phenoxy) is 1. The van der Waals surface area contributed by atoms with Gasteiger partial charge in [-0.05, 0) is 31.4 Å². The zero-order valence-electron chi connectivity index (χ0n) is 12.8. The van der Waals surface area contributed by atoms with E-state index in [1.807, 2.05) is 18.2 Å². The van der Waals surface area contributed by atoms with Gasteiger partial charge in [0.05, 0.1) is 18.4 Å². The van der Waals surface area contributed by atoms with E-state index in [1.165, 1.54) is 37.7 Å². The molecule has 1 aliphatic rings. The molecule has 3 heteroatoms. The van der Waals surface area contributed by atoms with Crippen molar-refractivity contribution in [1.82, 2.24) is 4.98 Å². The van der Waals surface area contributed by atoms with Gasteiger partial charge < -0.3 is 4.74 Å². The summed E-state index contributed by atoms with van der Waals surface area (Å²) >= 11 is 0. The smallest absolute Gasteiger partial charge is 0.0891 e. The Balaban J connectivity index is 0.00000176. The van der Waals surface area contributed by atoms with Crippen LogP contribution in [0.2, 0.25) is 0 Å². The van der Waals surface area contributed by atoms with Gasteiger partial charge in [-0.25, -0.2) is 0 Å². The Morgan fingerprint density at radius 1 is 1.00 bits per heavy atom. The molecule has 2 aromatic rings. The van der Waals surface area contributed by atoms with E-state index in [-0.39, 0.29) is 19.5 Å². The van der Waals surface area contributed by atoms with Crippen LogP contribution in [0.4, 0.5) is 0 Å². The van der Waals surface area contributed by atoms with Crippen molar-refractivity contribution < 1.29 is 24.2 Å². The van der Waals surface area contributed by atoms with Gasteiger partial charge >= 0.3 is 0 Å². The number of rotatable bonds is 5. The molecule has 3 rings (SSSR count). The van der Waals surface area contributed by atoms with Crippen molar-refractivity contribution in [3.05, 3.63) is 65.5 Å². The second kappa shape index (κ2) is 9.17. The van der Waals surface area contributed by atoms with E-state index < -0.39 is 0 Å². The Labute approximate surface area is 146 Å². The van der Waals surface area contributed by atoms with Crippen molar-refractivity contribution >= 4 is 0 Å². The summed E-state index contributed by atoms with van der Waals surface area (Å²) < 4.78 is 6.00. The molecule has 1 aromatic heterocycles. The summed E-state index contributed by atoms with van der Waals surface area (Å²) in [6.07, 6.45) is 7.66. The largest absolute Gasteiger partial charge is 0.372 e. The first-order valence-electron chi connectivity index (χ1n) is 7.92. The minimum atomic E-state index is 0. The number of benzene rings is 1. The Hall–Kier alpha value is -1.05. The molecule has 0 unspecified atom stereocenters. The molecule has 1 fully saturated rings. The minimum Gasteiger partial charge on any atom is -0.372 e. The molecule has 22 heavy (non-hydrogen) atoms. The second-order valence-corrected chi connectivity index (χ2v) is 5.76. The average molecular weight is 383 g/mol. The van der Waals surface area contributed by atoms with Crippen LogP contribution in [-0.4, -0.2) is 11.1 Å². The second-order valence-electron chi connectivity index (χ2n) is 5.76. The molecule has 0 atom stereocenters. The fourth-order valence-corrected chi connectivity index (χ4v) is 2.88. The van der Waals surface area contributed by atoms with Crippen LogP contribution in [0.1, 0.15) is 49.1 Å². The fourth-order valence-electron chi connectivity index (χ4n) is 2.88. The average Bonchev–Trinajstić information content (AvgIpc) is 2.55. The Morgan fingerprint density at radius 2 is 1.82 bits per heavy atom. The van der Waals surface area contributed by atoms with Crippen LogP contribution >= 0.6 is 0 Å². The van der Waals surface area contributed by atoms with E-state index in [9.17, 15) is 0 Å². The topological polar surface area (TPSA) is 22.1 Å². The van der Waals surface area contributed by atoms with E-state index in [1.54, 1.807) is 0 Å². The first kappa shape index (κ1) is 17.3. The van der Waals surface area contributed by atoms with Crippen LogP contribution in [-0.2, 0) is 37.2 Å². The number of nitrogens with zero attached hydrogens (tertiary/aromatic N) is 1. The zero-order chi connectivity index (χ0) is 14.3. The summed E-state index contributed by atoms with van der Waals surface area (Å²) in [7, 11) is 0. The SMILES string of the molecule is [Rh].[c-]1ccccc1Cc1cccc(COC2CCCCC2)n1. The number of aromatic nitrogens is 1. The van der Waals surface area contributed by atoms with Crippen LogP contribution < -0.4 is 0 Å². The predicted octanol–water partition coefficient (Wildman–Crippen LogP) is 4.32. The number of pyridine rings is 1. The third kappa shape index (κ3) is 5.30. The summed E-state index contributed by atoms with van der Waals surface area (Å²) in [6, 6.07) is 17.5. The monoisotopic (exact) mass is 383 g/mol. The van der Waals surface area contributed by atoms with Crippen LogP contribution in [0.25, 0.3) is 0 Å². The van der Waals surface area contributed by atoms with Gasteiger partial charge in [0.15, 0.2) is 0 Å². The van der Waals surface area contributed by atoms with Gasteiger partial charge in [0.25, 0.3) is 0 Å². The molecule has 2 nitrogen and oxygen atoms in total. The molecular formula is C19H22NORh-. The molecule has 0 spiro atoms. The van der Waals surface area contributed by atoms with Gasteiger partial charge in [-0.2, -0.15) is 35.9 Å². The summed E-state index contributed by atoms with van der Waals surface area (Å²) in [5.74, 6) is 0. The first-order valence-corrected chi connectivity index (χ1v) is 7.92. The van der Waals surface area contributed by atoms with Crippen LogP contribution in [0.5, 0.6) is 0 Å². The Kier molecular flexibility index (Phi) is 7.22. The Morgan fingerprint density at radius 3 is 2.59 bits per heavy atom. The molecule has 1 saturated carbocycles. The first-order chi connectivity index (χ1) is 10.4. The van der Waals surface area contributed by atoms with E-state index in [2.05, 4.69) is 30.3 Å². The van der Waals surface area contributed by atoms with E-state index in [0.29, 0.717) is 12.7 Å². The maximum Gasteiger partial charge on any atom is 0.0891 e. The maximum absolute atomic E-state index is 6.00. The molecule has 1 radical (unpaired) electrons. The zero-order valence-corrected chi connectivity index (χ0v) is 14.4. The van der Waals surface area contributed by atoms with Crippen molar-refractivity contribution in [3.63, 3.8) is 0 Å². The molecular weight excluding hydrogens is 361 g/mol. The van der Waals surface area contributed by atoms with E-state index in [0.717, 1.165) is 17.8 Å². The molecule has 0 amide bonds.